The molecule has 0 aliphatic rings. The molecule has 0 fully saturated rings. The molecule has 0 bridgehead atoms. The molecule has 0 saturated carbocycles. The zero-order valence-electron chi connectivity index (χ0n) is 11.2. The molecule has 4 N–H and O–H groups in total. The molecule has 6 heteroatoms. The van der Waals surface area contributed by atoms with Gasteiger partial charge in [0.2, 0.25) is 5.75 Å². The van der Waals surface area contributed by atoms with E-state index < -0.39 is 0 Å². The van der Waals surface area contributed by atoms with Crippen LogP contribution in [0, 0.1) is 0 Å². The second-order valence-electron chi connectivity index (χ2n) is 3.84. The van der Waals surface area contributed by atoms with Gasteiger partial charge in [-0.3, -0.25) is 5.84 Å². The Balaban J connectivity index is 0.00000289. The minimum absolute atomic E-state index is 0. The van der Waals surface area contributed by atoms with E-state index in [0.29, 0.717) is 17.2 Å². The van der Waals surface area contributed by atoms with Gasteiger partial charge < -0.3 is 26.6 Å². The van der Waals surface area contributed by atoms with Gasteiger partial charge in [-0.1, -0.05) is 0 Å². The molecule has 0 aliphatic heterocycles. The Morgan fingerprint density at radius 3 is 1.94 bits per heavy atom. The van der Waals surface area contributed by atoms with E-state index in [2.05, 4.69) is 18.2 Å². The molecule has 0 heterocycles. The predicted octanol–water partition coefficient (Wildman–Crippen LogP) is -2.61. The van der Waals surface area contributed by atoms with Gasteiger partial charge >= 0.3 is 0 Å². The van der Waals surface area contributed by atoms with Crippen LogP contribution in [0.1, 0.15) is 12.5 Å². The third-order valence-electron chi connectivity index (χ3n) is 2.61. The van der Waals surface area contributed by atoms with Crippen LogP contribution in [0.25, 0.3) is 0 Å². The van der Waals surface area contributed by atoms with E-state index in [1.165, 1.54) is 0 Å². The molecule has 1 aromatic rings. The summed E-state index contributed by atoms with van der Waals surface area (Å²) in [5.74, 6) is 5.64. The lowest BCUT2D eigenvalue weighted by molar-refractivity contribution is -0.451. The largest absolute Gasteiger partial charge is 1.00 e. The maximum Gasteiger partial charge on any atom is 0.203 e. The minimum Gasteiger partial charge on any atom is -1.00 e. The summed E-state index contributed by atoms with van der Waals surface area (Å²) in [6, 6.07) is 4.20. The van der Waals surface area contributed by atoms with Crippen LogP contribution < -0.4 is 37.9 Å². The molecule has 5 nitrogen and oxygen atoms in total. The second-order valence-corrected chi connectivity index (χ2v) is 3.84. The van der Waals surface area contributed by atoms with Gasteiger partial charge in [0.15, 0.2) is 11.5 Å². The van der Waals surface area contributed by atoms with E-state index in [1.807, 2.05) is 12.1 Å². The quantitative estimate of drug-likeness (QED) is 0.559. The lowest BCUT2D eigenvalue weighted by Crippen LogP contribution is -3.00. The topological polar surface area (TPSA) is 67.4 Å². The molecule has 1 aromatic carbocycles. The SMILES string of the molecule is COc1cc(CC(C)N[NH3+])cc(OC)c1OC.[Cl-]. The Bertz CT molecular complexity index is 349. The van der Waals surface area contributed by atoms with Crippen molar-refractivity contribution in [1.82, 2.24) is 5.43 Å². The molecule has 18 heavy (non-hydrogen) atoms. The van der Waals surface area contributed by atoms with E-state index in [1.54, 1.807) is 21.3 Å². The Morgan fingerprint density at radius 2 is 1.61 bits per heavy atom. The number of nitrogens with one attached hydrogen (secondary N) is 1. The number of ether oxygens (including phenoxy) is 3. The first-order valence-corrected chi connectivity index (χ1v) is 5.47. The highest BCUT2D eigenvalue weighted by atomic mass is 35.5. The van der Waals surface area contributed by atoms with Crippen LogP contribution in [0.2, 0.25) is 0 Å². The summed E-state index contributed by atoms with van der Waals surface area (Å²) in [5.41, 5.74) is 4.07. The molecule has 0 aliphatic carbocycles. The van der Waals surface area contributed by atoms with E-state index in [4.69, 9.17) is 14.2 Å². The summed E-state index contributed by atoms with van der Waals surface area (Å²) in [6.07, 6.45) is 0.847. The summed E-state index contributed by atoms with van der Waals surface area (Å²) >= 11 is 0. The van der Waals surface area contributed by atoms with Crippen molar-refractivity contribution >= 4 is 0 Å². The first-order valence-electron chi connectivity index (χ1n) is 5.47. The summed E-state index contributed by atoms with van der Waals surface area (Å²) in [7, 11) is 4.83. The van der Waals surface area contributed by atoms with Crippen molar-refractivity contribution in [2.45, 2.75) is 19.4 Å². The van der Waals surface area contributed by atoms with Crippen LogP contribution in [0.3, 0.4) is 0 Å². The maximum atomic E-state index is 5.29. The number of rotatable bonds is 6. The van der Waals surface area contributed by atoms with Crippen molar-refractivity contribution in [2.75, 3.05) is 21.3 Å². The van der Waals surface area contributed by atoms with Crippen molar-refractivity contribution in [1.29, 1.82) is 0 Å². The average Bonchev–Trinajstić information content (AvgIpc) is 2.37. The number of methoxy groups -OCH3 is 3. The fraction of sp³-hybridized carbons (Fsp3) is 0.500. The van der Waals surface area contributed by atoms with Crippen LogP contribution in [-0.2, 0) is 6.42 Å². The Kier molecular flexibility index (Phi) is 7.50. The molecule has 0 spiro atoms. The van der Waals surface area contributed by atoms with Crippen molar-refractivity contribution in [3.63, 3.8) is 0 Å². The fourth-order valence-electron chi connectivity index (χ4n) is 1.68. The molecule has 0 radical (unpaired) electrons. The maximum absolute atomic E-state index is 5.29. The van der Waals surface area contributed by atoms with Gasteiger partial charge in [0.25, 0.3) is 0 Å². The Morgan fingerprint density at radius 1 is 1.11 bits per heavy atom. The zero-order chi connectivity index (χ0) is 12.8. The van der Waals surface area contributed by atoms with Gasteiger partial charge in [0.1, 0.15) is 0 Å². The minimum atomic E-state index is 0. The molecule has 0 amide bonds. The number of quaternary nitrogens is 1. The lowest BCUT2D eigenvalue weighted by Gasteiger charge is -2.15. The average molecular weight is 277 g/mol. The first kappa shape index (κ1) is 16.8. The number of benzene rings is 1. The number of hydrogen-bond donors (Lipinski definition) is 2. The lowest BCUT2D eigenvalue weighted by atomic mass is 10.1. The summed E-state index contributed by atoms with van der Waals surface area (Å²) < 4.78 is 15.9. The standard InChI is InChI=1S/C12H20N2O3.ClH/c1-8(14-13)5-9-6-10(15-2)12(17-4)11(7-9)16-3;/h6-8,14H,5,13H2,1-4H3;1H. The van der Waals surface area contributed by atoms with Crippen LogP contribution in [0.5, 0.6) is 17.2 Å². The van der Waals surface area contributed by atoms with E-state index >= 15 is 0 Å². The van der Waals surface area contributed by atoms with Crippen molar-refractivity contribution in [3.8, 4) is 17.2 Å². The van der Waals surface area contributed by atoms with Gasteiger partial charge in [0, 0.05) is 0 Å². The molecular weight excluding hydrogens is 256 g/mol. The smallest absolute Gasteiger partial charge is 0.203 e. The molecule has 0 aromatic heterocycles. The summed E-state index contributed by atoms with van der Waals surface area (Å²) in [4.78, 5) is 0. The van der Waals surface area contributed by atoms with Crippen LogP contribution in [0.4, 0.5) is 0 Å². The number of hydrogen-bond acceptors (Lipinski definition) is 4. The van der Waals surface area contributed by atoms with Crippen molar-refractivity contribution in [3.05, 3.63) is 17.7 Å². The van der Waals surface area contributed by atoms with E-state index in [-0.39, 0.29) is 18.4 Å². The van der Waals surface area contributed by atoms with Gasteiger partial charge in [-0.2, -0.15) is 5.43 Å². The normalized spacial score (nSPS) is 11.4. The highest BCUT2D eigenvalue weighted by Crippen LogP contribution is 2.38. The van der Waals surface area contributed by atoms with Crippen molar-refractivity contribution < 1.29 is 32.5 Å². The van der Waals surface area contributed by atoms with Gasteiger partial charge in [-0.05, 0) is 31.0 Å². The van der Waals surface area contributed by atoms with Gasteiger partial charge in [-0.25, -0.2) is 0 Å². The Labute approximate surface area is 114 Å². The van der Waals surface area contributed by atoms with Crippen LogP contribution in [-0.4, -0.2) is 27.4 Å². The van der Waals surface area contributed by atoms with Crippen LogP contribution in [0.15, 0.2) is 12.1 Å². The molecule has 1 unspecified atom stereocenters. The Hall–Kier alpha value is -1.17. The molecule has 0 saturated heterocycles. The van der Waals surface area contributed by atoms with E-state index in [9.17, 15) is 0 Å². The first-order chi connectivity index (χ1) is 8.15. The second kappa shape index (κ2) is 8.02. The predicted molar refractivity (Wildman–Crippen MR) is 65.3 cm³/mol. The summed E-state index contributed by atoms with van der Waals surface area (Å²) in [6.45, 7) is 2.07. The molecule has 1 rings (SSSR count). The van der Waals surface area contributed by atoms with Gasteiger partial charge in [-0.15, -0.1) is 0 Å². The third kappa shape index (κ3) is 3.94. The molecule has 1 atom stereocenters. The molecular formula is C12H21ClN2O3. The van der Waals surface area contributed by atoms with Crippen molar-refractivity contribution in [2.24, 2.45) is 0 Å². The highest BCUT2D eigenvalue weighted by Gasteiger charge is 2.14. The summed E-state index contributed by atoms with van der Waals surface area (Å²) in [5, 5.41) is 0. The number of halogens is 1. The van der Waals surface area contributed by atoms with Gasteiger partial charge in [0.05, 0.1) is 27.4 Å². The highest BCUT2D eigenvalue weighted by molar-refractivity contribution is 5.53. The molecule has 104 valence electrons. The monoisotopic (exact) mass is 276 g/mol. The third-order valence-corrected chi connectivity index (χ3v) is 2.61. The van der Waals surface area contributed by atoms with E-state index in [0.717, 1.165) is 12.0 Å². The van der Waals surface area contributed by atoms with Crippen LogP contribution >= 0.6 is 0 Å². The fourth-order valence-corrected chi connectivity index (χ4v) is 1.68. The zero-order valence-corrected chi connectivity index (χ0v) is 12.0.